The van der Waals surface area contributed by atoms with Crippen LogP contribution in [0, 0.1) is 5.92 Å². The predicted molar refractivity (Wildman–Crippen MR) is 109 cm³/mol. The normalized spacial score (nSPS) is 24.2. The summed E-state index contributed by atoms with van der Waals surface area (Å²) in [5.74, 6) is 2.16. The first-order valence-corrected chi connectivity index (χ1v) is 10.9. The number of hydrogen-bond donors (Lipinski definition) is 0. The minimum atomic E-state index is 0.460. The molecule has 0 amide bonds. The van der Waals surface area contributed by atoms with E-state index < -0.39 is 0 Å². The van der Waals surface area contributed by atoms with Crippen LogP contribution in [0.1, 0.15) is 48.5 Å². The molecule has 1 nitrogen and oxygen atoms in total. The lowest BCUT2D eigenvalue weighted by Gasteiger charge is -2.44. The van der Waals surface area contributed by atoms with E-state index in [9.17, 15) is 0 Å². The molecule has 0 N–H and O–H groups in total. The molecule has 0 aromatic heterocycles. The third kappa shape index (κ3) is 4.12. The van der Waals surface area contributed by atoms with E-state index in [1.165, 1.54) is 62.1 Å². The quantitative estimate of drug-likeness (QED) is 0.672. The van der Waals surface area contributed by atoms with Gasteiger partial charge >= 0.3 is 0 Å². The predicted octanol–water partition coefficient (Wildman–Crippen LogP) is 5.77. The fraction of sp³-hybridized carbons (Fsp3) is 0.478. The fourth-order valence-corrected chi connectivity index (χ4v) is 6.16. The third-order valence-corrected chi connectivity index (χ3v) is 7.41. The van der Waals surface area contributed by atoms with Crippen molar-refractivity contribution in [3.8, 4) is 0 Å². The molecular weight excluding hydrogens is 322 g/mol. The van der Waals surface area contributed by atoms with E-state index in [-0.39, 0.29) is 0 Å². The molecule has 0 spiro atoms. The van der Waals surface area contributed by atoms with Gasteiger partial charge in [0.15, 0.2) is 0 Å². The Morgan fingerprint density at radius 1 is 0.800 bits per heavy atom. The molecule has 0 unspecified atom stereocenters. The molecule has 2 aliphatic rings. The van der Waals surface area contributed by atoms with E-state index in [1.54, 1.807) is 0 Å². The van der Waals surface area contributed by atoms with E-state index in [0.717, 1.165) is 12.0 Å². The maximum absolute atomic E-state index is 2.79. The van der Waals surface area contributed by atoms with Gasteiger partial charge in [-0.25, -0.2) is 0 Å². The monoisotopic (exact) mass is 351 g/mol. The zero-order chi connectivity index (χ0) is 16.9. The molecule has 2 aliphatic heterocycles. The molecule has 25 heavy (non-hydrogen) atoms. The van der Waals surface area contributed by atoms with Gasteiger partial charge in [0.25, 0.3) is 0 Å². The topological polar surface area (TPSA) is 3.24 Å². The summed E-state index contributed by atoms with van der Waals surface area (Å²) in [6.07, 6.45) is 7.08. The van der Waals surface area contributed by atoms with Gasteiger partial charge in [-0.15, -0.1) is 11.8 Å². The molecule has 0 radical (unpaired) electrons. The molecule has 2 fully saturated rings. The number of piperidine rings is 2. The lowest BCUT2D eigenvalue weighted by Crippen LogP contribution is -2.48. The molecular formula is C23H29NS. The van der Waals surface area contributed by atoms with Crippen LogP contribution in [0.4, 0.5) is 0 Å². The lowest BCUT2D eigenvalue weighted by atomic mass is 9.85. The summed E-state index contributed by atoms with van der Waals surface area (Å²) >= 11 is 2.16. The van der Waals surface area contributed by atoms with Gasteiger partial charge in [-0.2, -0.15) is 0 Å². The zero-order valence-electron chi connectivity index (χ0n) is 15.0. The first-order valence-electron chi connectivity index (χ1n) is 9.87. The summed E-state index contributed by atoms with van der Waals surface area (Å²) in [4.78, 5) is 2.79. The maximum atomic E-state index is 2.79. The van der Waals surface area contributed by atoms with Crippen molar-refractivity contribution in [3.63, 3.8) is 0 Å². The summed E-state index contributed by atoms with van der Waals surface area (Å²) < 4.78 is 0. The molecule has 132 valence electrons. The molecule has 2 aromatic carbocycles. The van der Waals surface area contributed by atoms with Gasteiger partial charge in [0, 0.05) is 6.04 Å². The van der Waals surface area contributed by atoms with E-state index in [2.05, 4.69) is 77.3 Å². The number of hydrogen-bond acceptors (Lipinski definition) is 2. The van der Waals surface area contributed by atoms with Crippen molar-refractivity contribution in [2.45, 2.75) is 43.4 Å². The van der Waals surface area contributed by atoms with Crippen LogP contribution in [0.5, 0.6) is 0 Å². The number of fused-ring (bicyclic) bond motifs is 1. The van der Waals surface area contributed by atoms with Gasteiger partial charge in [-0.05, 0) is 61.6 Å². The van der Waals surface area contributed by atoms with Crippen LogP contribution >= 0.6 is 11.8 Å². The van der Waals surface area contributed by atoms with E-state index in [4.69, 9.17) is 0 Å². The number of nitrogens with zero attached hydrogens (tertiary/aromatic N) is 1. The highest BCUT2D eigenvalue weighted by Gasteiger charge is 2.33. The average Bonchev–Trinajstić information content (AvgIpc) is 2.70. The van der Waals surface area contributed by atoms with Crippen LogP contribution in [0.3, 0.4) is 0 Å². The van der Waals surface area contributed by atoms with Crippen molar-refractivity contribution in [2.24, 2.45) is 5.92 Å². The lowest BCUT2D eigenvalue weighted by molar-refractivity contribution is 0.0693. The summed E-state index contributed by atoms with van der Waals surface area (Å²) in [7, 11) is 0. The van der Waals surface area contributed by atoms with Crippen molar-refractivity contribution in [2.75, 3.05) is 18.8 Å². The van der Waals surface area contributed by atoms with Gasteiger partial charge in [0.1, 0.15) is 0 Å². The molecule has 2 aromatic rings. The van der Waals surface area contributed by atoms with Crippen molar-refractivity contribution in [3.05, 3.63) is 71.8 Å². The van der Waals surface area contributed by atoms with E-state index >= 15 is 0 Å². The molecule has 0 bridgehead atoms. The molecule has 0 aliphatic carbocycles. The van der Waals surface area contributed by atoms with Crippen LogP contribution in [0.25, 0.3) is 0 Å². The Morgan fingerprint density at radius 2 is 1.44 bits per heavy atom. The number of rotatable bonds is 5. The SMILES string of the molecule is c1ccc(C(SC[C@@H]2CCCN3CCCC[C@H]23)c2ccccc2)cc1. The second-order valence-corrected chi connectivity index (χ2v) is 8.67. The average molecular weight is 352 g/mol. The Labute approximate surface area is 156 Å². The highest BCUT2D eigenvalue weighted by atomic mass is 32.2. The number of thioether (sulfide) groups is 1. The van der Waals surface area contributed by atoms with E-state index in [0.29, 0.717) is 5.25 Å². The first kappa shape index (κ1) is 17.2. The summed E-state index contributed by atoms with van der Waals surface area (Å²) in [6, 6.07) is 23.0. The Balaban J connectivity index is 1.49. The minimum Gasteiger partial charge on any atom is -0.300 e. The van der Waals surface area contributed by atoms with Gasteiger partial charge in [-0.3, -0.25) is 0 Å². The molecule has 2 atom stereocenters. The summed E-state index contributed by atoms with van der Waals surface area (Å²) in [6.45, 7) is 2.68. The summed E-state index contributed by atoms with van der Waals surface area (Å²) in [5, 5.41) is 0.460. The Morgan fingerprint density at radius 3 is 2.12 bits per heavy atom. The van der Waals surface area contributed by atoms with Crippen molar-refractivity contribution in [1.29, 1.82) is 0 Å². The van der Waals surface area contributed by atoms with Crippen LogP contribution in [0.2, 0.25) is 0 Å². The highest BCUT2D eigenvalue weighted by Crippen LogP contribution is 2.40. The number of benzene rings is 2. The van der Waals surface area contributed by atoms with E-state index in [1.807, 2.05) is 0 Å². The molecule has 0 saturated carbocycles. The first-order chi connectivity index (χ1) is 12.4. The minimum absolute atomic E-state index is 0.460. The van der Waals surface area contributed by atoms with Crippen LogP contribution < -0.4 is 0 Å². The molecule has 2 heteroatoms. The Hall–Kier alpha value is -1.25. The van der Waals surface area contributed by atoms with Crippen molar-refractivity contribution >= 4 is 11.8 Å². The van der Waals surface area contributed by atoms with Crippen molar-refractivity contribution < 1.29 is 0 Å². The standard InChI is InChI=1S/C23H29NS/c1-3-10-19(11-4-1)23(20-12-5-2-6-13-20)25-18-21-14-9-17-24-16-8-7-15-22(21)24/h1-6,10-13,21-23H,7-9,14-18H2/t21-,22+/m0/s1. The Bertz CT molecular complexity index is 600. The van der Waals surface area contributed by atoms with Gasteiger partial charge in [0.2, 0.25) is 0 Å². The van der Waals surface area contributed by atoms with Gasteiger partial charge in [-0.1, -0.05) is 67.1 Å². The highest BCUT2D eigenvalue weighted by molar-refractivity contribution is 7.99. The smallest absolute Gasteiger partial charge is 0.0546 e. The molecule has 4 rings (SSSR count). The zero-order valence-corrected chi connectivity index (χ0v) is 15.8. The second kappa shape index (κ2) is 8.42. The van der Waals surface area contributed by atoms with Crippen molar-refractivity contribution in [1.82, 2.24) is 4.90 Å². The third-order valence-electron chi connectivity index (χ3n) is 5.91. The van der Waals surface area contributed by atoms with Gasteiger partial charge in [0.05, 0.1) is 5.25 Å². The Kier molecular flexibility index (Phi) is 5.79. The fourth-order valence-electron chi connectivity index (χ4n) is 4.63. The maximum Gasteiger partial charge on any atom is 0.0546 e. The molecule has 2 saturated heterocycles. The van der Waals surface area contributed by atoms with Gasteiger partial charge < -0.3 is 4.90 Å². The van der Waals surface area contributed by atoms with Crippen LogP contribution in [-0.2, 0) is 0 Å². The second-order valence-electron chi connectivity index (χ2n) is 7.54. The van der Waals surface area contributed by atoms with Crippen LogP contribution in [0.15, 0.2) is 60.7 Å². The van der Waals surface area contributed by atoms with Crippen LogP contribution in [-0.4, -0.2) is 29.8 Å². The largest absolute Gasteiger partial charge is 0.300 e. The summed E-state index contributed by atoms with van der Waals surface area (Å²) in [5.41, 5.74) is 2.88. The molecule has 2 heterocycles.